The first-order chi connectivity index (χ1) is 12.8. The highest BCUT2D eigenvalue weighted by Gasteiger charge is 2.28. The lowest BCUT2D eigenvalue weighted by Crippen LogP contribution is -2.47. The average molecular weight is 397 g/mol. The summed E-state index contributed by atoms with van der Waals surface area (Å²) in [5, 5.41) is 3.40. The van der Waals surface area contributed by atoms with Crippen molar-refractivity contribution in [2.75, 3.05) is 26.6 Å². The summed E-state index contributed by atoms with van der Waals surface area (Å²) in [5.41, 5.74) is 1.10. The van der Waals surface area contributed by atoms with Gasteiger partial charge in [-0.25, -0.2) is 0 Å². The Morgan fingerprint density at radius 1 is 1.15 bits per heavy atom. The van der Waals surface area contributed by atoms with Gasteiger partial charge in [-0.15, -0.1) is 12.4 Å². The third-order valence-electron chi connectivity index (χ3n) is 5.55. The molecule has 1 aromatic carbocycles. The van der Waals surface area contributed by atoms with Gasteiger partial charge in [0.15, 0.2) is 11.5 Å². The van der Waals surface area contributed by atoms with E-state index in [0.717, 1.165) is 43.1 Å². The Labute approximate surface area is 166 Å². The van der Waals surface area contributed by atoms with Crippen LogP contribution in [-0.4, -0.2) is 49.4 Å². The second kappa shape index (κ2) is 9.62. The van der Waals surface area contributed by atoms with E-state index in [2.05, 4.69) is 10.2 Å². The van der Waals surface area contributed by atoms with E-state index in [0.29, 0.717) is 25.6 Å². The summed E-state index contributed by atoms with van der Waals surface area (Å²) in [4.78, 5) is 15.2. The molecule has 1 amide bonds. The molecule has 2 aliphatic heterocycles. The summed E-state index contributed by atoms with van der Waals surface area (Å²) >= 11 is 0. The van der Waals surface area contributed by atoms with Gasteiger partial charge >= 0.3 is 0 Å². The standard InChI is InChI=1S/C20H28N2O4.ClH/c23-20(11-16-13-24-9-8-21-16)22(17-4-2-1-3-5-17)12-15-6-7-18-19(10-15)26-14-25-18;/h6-7,10,16-17,21H,1-5,8-9,11-14H2;1H. The first-order valence-electron chi connectivity index (χ1n) is 9.79. The number of nitrogens with one attached hydrogen (secondary N) is 1. The summed E-state index contributed by atoms with van der Waals surface area (Å²) in [6, 6.07) is 6.45. The fraction of sp³-hybridized carbons (Fsp3) is 0.650. The number of morpholine rings is 1. The van der Waals surface area contributed by atoms with Crippen molar-refractivity contribution in [3.05, 3.63) is 23.8 Å². The van der Waals surface area contributed by atoms with Crippen LogP contribution in [0, 0.1) is 0 Å². The number of hydrogen-bond acceptors (Lipinski definition) is 5. The lowest BCUT2D eigenvalue weighted by molar-refractivity contribution is -0.136. The van der Waals surface area contributed by atoms with E-state index in [9.17, 15) is 4.79 Å². The fourth-order valence-electron chi connectivity index (χ4n) is 4.13. The molecule has 3 aliphatic rings. The van der Waals surface area contributed by atoms with E-state index in [1.807, 2.05) is 18.2 Å². The third kappa shape index (κ3) is 5.06. The molecule has 6 nitrogen and oxygen atoms in total. The van der Waals surface area contributed by atoms with Crippen molar-refractivity contribution >= 4 is 18.3 Å². The minimum Gasteiger partial charge on any atom is -0.454 e. The van der Waals surface area contributed by atoms with Crippen molar-refractivity contribution in [2.24, 2.45) is 0 Å². The molecule has 7 heteroatoms. The molecule has 0 bridgehead atoms. The van der Waals surface area contributed by atoms with E-state index >= 15 is 0 Å². The van der Waals surface area contributed by atoms with Crippen molar-refractivity contribution in [3.8, 4) is 11.5 Å². The van der Waals surface area contributed by atoms with Gasteiger partial charge in [-0.3, -0.25) is 4.79 Å². The fourth-order valence-corrected chi connectivity index (χ4v) is 4.13. The molecule has 1 saturated carbocycles. The van der Waals surface area contributed by atoms with Gasteiger partial charge in [-0.2, -0.15) is 0 Å². The zero-order chi connectivity index (χ0) is 17.8. The second-order valence-electron chi connectivity index (χ2n) is 7.43. The highest BCUT2D eigenvalue weighted by Crippen LogP contribution is 2.33. The van der Waals surface area contributed by atoms with E-state index in [-0.39, 0.29) is 31.1 Å². The van der Waals surface area contributed by atoms with Crippen molar-refractivity contribution < 1.29 is 19.0 Å². The molecule has 4 rings (SSSR count). The smallest absolute Gasteiger partial charge is 0.231 e. The Morgan fingerprint density at radius 3 is 2.74 bits per heavy atom. The maximum absolute atomic E-state index is 13.1. The summed E-state index contributed by atoms with van der Waals surface area (Å²) in [6.45, 7) is 3.08. The predicted molar refractivity (Wildman–Crippen MR) is 104 cm³/mol. The minimum absolute atomic E-state index is 0. The number of hydrogen-bond donors (Lipinski definition) is 1. The molecule has 150 valence electrons. The Balaban J connectivity index is 0.00000210. The van der Waals surface area contributed by atoms with Gasteiger partial charge in [-0.05, 0) is 30.5 Å². The van der Waals surface area contributed by atoms with Gasteiger partial charge in [0.1, 0.15) is 0 Å². The highest BCUT2D eigenvalue weighted by molar-refractivity contribution is 5.85. The summed E-state index contributed by atoms with van der Waals surface area (Å²) in [5.74, 6) is 1.78. The summed E-state index contributed by atoms with van der Waals surface area (Å²) < 4.78 is 16.4. The Kier molecular flexibility index (Phi) is 7.21. The van der Waals surface area contributed by atoms with Crippen LogP contribution in [-0.2, 0) is 16.1 Å². The van der Waals surface area contributed by atoms with Gasteiger partial charge in [0, 0.05) is 31.6 Å². The van der Waals surface area contributed by atoms with Gasteiger partial charge in [0.2, 0.25) is 12.7 Å². The van der Waals surface area contributed by atoms with Gasteiger partial charge in [-0.1, -0.05) is 25.3 Å². The maximum Gasteiger partial charge on any atom is 0.231 e. The van der Waals surface area contributed by atoms with Gasteiger partial charge in [0.25, 0.3) is 0 Å². The lowest BCUT2D eigenvalue weighted by Gasteiger charge is -2.36. The Bertz CT molecular complexity index is 630. The van der Waals surface area contributed by atoms with Crippen molar-refractivity contribution in [1.29, 1.82) is 0 Å². The number of rotatable bonds is 5. The Hall–Kier alpha value is -1.50. The zero-order valence-electron chi connectivity index (χ0n) is 15.7. The molecule has 27 heavy (non-hydrogen) atoms. The molecule has 1 aliphatic carbocycles. The van der Waals surface area contributed by atoms with Gasteiger partial charge < -0.3 is 24.4 Å². The Morgan fingerprint density at radius 2 is 1.96 bits per heavy atom. The van der Waals surface area contributed by atoms with Crippen molar-refractivity contribution in [3.63, 3.8) is 0 Å². The number of nitrogens with zero attached hydrogens (tertiary/aromatic N) is 1. The van der Waals surface area contributed by atoms with Crippen LogP contribution in [0.1, 0.15) is 44.1 Å². The van der Waals surface area contributed by atoms with Crippen LogP contribution < -0.4 is 14.8 Å². The molecule has 2 heterocycles. The number of carbonyl (C=O) groups is 1. The SMILES string of the molecule is Cl.O=C(CC1COCCN1)N(Cc1ccc2c(c1)OCO2)C1CCCCC1. The zero-order valence-corrected chi connectivity index (χ0v) is 16.5. The minimum atomic E-state index is 0. The highest BCUT2D eigenvalue weighted by atomic mass is 35.5. The molecule has 1 unspecified atom stereocenters. The number of ether oxygens (including phenoxy) is 3. The van der Waals surface area contributed by atoms with Crippen LogP contribution in [0.5, 0.6) is 11.5 Å². The number of carbonyl (C=O) groups excluding carboxylic acids is 1. The van der Waals surface area contributed by atoms with Crippen LogP contribution in [0.4, 0.5) is 0 Å². The quantitative estimate of drug-likeness (QED) is 0.829. The number of fused-ring (bicyclic) bond motifs is 1. The largest absolute Gasteiger partial charge is 0.454 e. The third-order valence-corrected chi connectivity index (χ3v) is 5.55. The van der Waals surface area contributed by atoms with Crippen molar-refractivity contribution in [2.45, 2.75) is 57.2 Å². The summed E-state index contributed by atoms with van der Waals surface area (Å²) in [7, 11) is 0. The number of amides is 1. The monoisotopic (exact) mass is 396 g/mol. The molecule has 1 N–H and O–H groups in total. The predicted octanol–water partition coefficient (Wildman–Crippen LogP) is 2.88. The van der Waals surface area contributed by atoms with Crippen LogP contribution in [0.2, 0.25) is 0 Å². The molecule has 1 atom stereocenters. The lowest BCUT2D eigenvalue weighted by atomic mass is 9.93. The van der Waals surface area contributed by atoms with E-state index in [1.54, 1.807) is 0 Å². The first kappa shape index (κ1) is 20.2. The molecule has 1 saturated heterocycles. The topological polar surface area (TPSA) is 60.0 Å². The van der Waals surface area contributed by atoms with Crippen LogP contribution >= 0.6 is 12.4 Å². The van der Waals surface area contributed by atoms with E-state index in [1.165, 1.54) is 19.3 Å². The number of benzene rings is 1. The molecular formula is C20H29ClN2O4. The van der Waals surface area contributed by atoms with E-state index in [4.69, 9.17) is 14.2 Å². The summed E-state index contributed by atoms with van der Waals surface area (Å²) in [6.07, 6.45) is 6.40. The average Bonchev–Trinajstić information content (AvgIpc) is 3.15. The molecule has 0 radical (unpaired) electrons. The maximum atomic E-state index is 13.1. The molecule has 1 aromatic rings. The first-order valence-corrected chi connectivity index (χ1v) is 9.79. The molecule has 2 fully saturated rings. The van der Waals surface area contributed by atoms with Gasteiger partial charge in [0.05, 0.1) is 13.2 Å². The normalized spacial score (nSPS) is 22.1. The molecule has 0 spiro atoms. The van der Waals surface area contributed by atoms with Crippen molar-refractivity contribution in [1.82, 2.24) is 10.2 Å². The molecular weight excluding hydrogens is 368 g/mol. The molecule has 0 aromatic heterocycles. The van der Waals surface area contributed by atoms with Crippen LogP contribution in [0.3, 0.4) is 0 Å². The number of halogens is 1. The van der Waals surface area contributed by atoms with E-state index < -0.39 is 0 Å². The van der Waals surface area contributed by atoms with Crippen LogP contribution in [0.15, 0.2) is 18.2 Å². The second-order valence-corrected chi connectivity index (χ2v) is 7.43. The van der Waals surface area contributed by atoms with Crippen LogP contribution in [0.25, 0.3) is 0 Å².